The van der Waals surface area contributed by atoms with Crippen molar-refractivity contribution in [2.45, 2.75) is 25.7 Å². The molecule has 9 rings (SSSR count). The van der Waals surface area contributed by atoms with Crippen LogP contribution in [0.5, 0.6) is 5.75 Å². The number of hydrogen-bond acceptors (Lipinski definition) is 1. The van der Waals surface area contributed by atoms with Crippen molar-refractivity contribution in [2.75, 3.05) is 6.61 Å². The normalized spacial score (nSPS) is 66.4. The molecule has 0 saturated heterocycles. The standard InChI is InChI=1S/C26H30O/c1-2-4-11(5-3-1)27-10-16-20-14-8-6-12-17-13-7-9-15-19(13)24-22(17)23(18(12)14)25(20)26(24)21(15)16/h1-5,12-26H,6-10H2/t12-,13+,14-,15-,16?,17?,18+,19-,20+,21-,22?,23+,24-,25-,26+/m1/s1. The largest absolute Gasteiger partial charge is 0.493 e. The van der Waals surface area contributed by atoms with E-state index in [0.717, 1.165) is 53.8 Å². The molecular formula is C26H30O. The third-order valence-electron chi connectivity index (χ3n) is 12.2. The Morgan fingerprint density at radius 3 is 1.52 bits per heavy atom. The van der Waals surface area contributed by atoms with E-state index in [1.165, 1.54) is 47.3 Å². The molecule has 0 heterocycles. The smallest absolute Gasteiger partial charge is 0.119 e. The van der Waals surface area contributed by atoms with Gasteiger partial charge in [-0.25, -0.2) is 0 Å². The Balaban J connectivity index is 1.18. The van der Waals surface area contributed by atoms with Gasteiger partial charge in [0.1, 0.15) is 5.75 Å². The maximum atomic E-state index is 6.50. The molecule has 8 aliphatic carbocycles. The van der Waals surface area contributed by atoms with E-state index in [-0.39, 0.29) is 0 Å². The van der Waals surface area contributed by atoms with Crippen molar-refractivity contribution in [1.82, 2.24) is 0 Å². The van der Waals surface area contributed by atoms with Crippen LogP contribution in [0, 0.1) is 88.8 Å². The quantitative estimate of drug-likeness (QED) is 0.741. The molecule has 15 atom stereocenters. The lowest BCUT2D eigenvalue weighted by Gasteiger charge is -2.34. The summed E-state index contributed by atoms with van der Waals surface area (Å²) in [6, 6.07) is 10.7. The van der Waals surface area contributed by atoms with Crippen molar-refractivity contribution in [3.8, 4) is 5.75 Å². The summed E-state index contributed by atoms with van der Waals surface area (Å²) in [5.41, 5.74) is 0. The lowest BCUT2D eigenvalue weighted by molar-refractivity contribution is 0.0996. The zero-order chi connectivity index (χ0) is 17.0. The zero-order valence-electron chi connectivity index (χ0n) is 16.0. The first-order valence-electron chi connectivity index (χ1n) is 12.1. The molecule has 8 aliphatic rings. The Morgan fingerprint density at radius 2 is 1.00 bits per heavy atom. The number of ether oxygens (including phenoxy) is 1. The number of para-hydroxylation sites is 1. The zero-order valence-corrected chi connectivity index (χ0v) is 16.0. The molecule has 8 fully saturated rings. The Bertz CT molecular complexity index is 786. The van der Waals surface area contributed by atoms with Crippen molar-refractivity contribution in [3.05, 3.63) is 30.3 Å². The Labute approximate surface area is 162 Å². The van der Waals surface area contributed by atoms with Crippen LogP contribution in [-0.2, 0) is 0 Å². The van der Waals surface area contributed by atoms with Crippen LogP contribution in [0.3, 0.4) is 0 Å². The second kappa shape index (κ2) is 4.29. The molecule has 1 nitrogen and oxygen atoms in total. The molecule has 0 N–H and O–H groups in total. The number of benzene rings is 1. The highest BCUT2D eigenvalue weighted by molar-refractivity contribution is 5.32. The molecule has 0 spiro atoms. The van der Waals surface area contributed by atoms with Gasteiger partial charge in [0, 0.05) is 0 Å². The lowest BCUT2D eigenvalue weighted by atomic mass is 9.72. The Hall–Kier alpha value is -0.980. The molecule has 0 aromatic heterocycles. The molecule has 0 amide bonds. The first kappa shape index (κ1) is 14.1. The molecule has 0 bridgehead atoms. The van der Waals surface area contributed by atoms with Crippen LogP contribution in [0.2, 0.25) is 0 Å². The van der Waals surface area contributed by atoms with E-state index in [4.69, 9.17) is 4.74 Å². The summed E-state index contributed by atoms with van der Waals surface area (Å²) in [5.74, 6) is 18.0. The van der Waals surface area contributed by atoms with Gasteiger partial charge in [0.15, 0.2) is 0 Å². The van der Waals surface area contributed by atoms with Gasteiger partial charge in [-0.05, 0) is 127 Å². The summed E-state index contributed by atoms with van der Waals surface area (Å²) < 4.78 is 6.50. The number of hydrogen-bond donors (Lipinski definition) is 0. The van der Waals surface area contributed by atoms with Crippen molar-refractivity contribution < 1.29 is 4.74 Å². The van der Waals surface area contributed by atoms with Crippen LogP contribution in [0.15, 0.2) is 30.3 Å². The van der Waals surface area contributed by atoms with E-state index >= 15 is 0 Å². The fourth-order valence-electron chi connectivity index (χ4n) is 12.8. The van der Waals surface area contributed by atoms with Gasteiger partial charge in [0.2, 0.25) is 0 Å². The highest BCUT2D eigenvalue weighted by Crippen LogP contribution is 2.88. The molecular weight excluding hydrogens is 328 g/mol. The molecule has 27 heavy (non-hydrogen) atoms. The van der Waals surface area contributed by atoms with Crippen molar-refractivity contribution in [1.29, 1.82) is 0 Å². The van der Waals surface area contributed by atoms with Gasteiger partial charge >= 0.3 is 0 Å². The third-order valence-corrected chi connectivity index (χ3v) is 12.2. The molecule has 0 aliphatic heterocycles. The van der Waals surface area contributed by atoms with Crippen molar-refractivity contribution in [2.24, 2.45) is 88.8 Å². The minimum Gasteiger partial charge on any atom is -0.493 e. The fourth-order valence-corrected chi connectivity index (χ4v) is 12.8. The van der Waals surface area contributed by atoms with E-state index in [0.29, 0.717) is 0 Å². The molecule has 3 unspecified atom stereocenters. The SMILES string of the molecule is c1ccc(OCC2[C@@H]3[C@@H]4CC[C@@H]5C6C7[C@@H]8[C@H]([C@@H]2[C@@H]2CC[C@@H]6[C@H]28)[C@H]3[C@H]7[C@H]45)cc1. The molecule has 1 aromatic carbocycles. The summed E-state index contributed by atoms with van der Waals surface area (Å²) >= 11 is 0. The summed E-state index contributed by atoms with van der Waals surface area (Å²) in [4.78, 5) is 0. The van der Waals surface area contributed by atoms with Crippen LogP contribution in [0.1, 0.15) is 25.7 Å². The minimum atomic E-state index is 0.892. The second-order valence-electron chi connectivity index (χ2n) is 11.9. The van der Waals surface area contributed by atoms with E-state index in [9.17, 15) is 0 Å². The van der Waals surface area contributed by atoms with Crippen LogP contribution >= 0.6 is 0 Å². The topological polar surface area (TPSA) is 9.23 Å². The van der Waals surface area contributed by atoms with Gasteiger partial charge in [-0.3, -0.25) is 0 Å². The van der Waals surface area contributed by atoms with E-state index in [1.807, 2.05) is 0 Å². The average molecular weight is 359 g/mol. The van der Waals surface area contributed by atoms with Gasteiger partial charge in [0.05, 0.1) is 6.61 Å². The van der Waals surface area contributed by atoms with Crippen LogP contribution in [0.25, 0.3) is 0 Å². The predicted molar refractivity (Wildman–Crippen MR) is 103 cm³/mol. The Morgan fingerprint density at radius 1 is 0.556 bits per heavy atom. The Kier molecular flexibility index (Phi) is 2.24. The maximum absolute atomic E-state index is 6.50. The molecule has 1 aromatic rings. The molecule has 8 saturated carbocycles. The molecule has 1 heteroatoms. The van der Waals surface area contributed by atoms with Crippen molar-refractivity contribution >= 4 is 0 Å². The van der Waals surface area contributed by atoms with Gasteiger partial charge in [-0.1, -0.05) is 18.2 Å². The van der Waals surface area contributed by atoms with Crippen molar-refractivity contribution in [3.63, 3.8) is 0 Å². The molecule has 0 radical (unpaired) electrons. The van der Waals surface area contributed by atoms with E-state index in [1.54, 1.807) is 25.7 Å². The summed E-state index contributed by atoms with van der Waals surface area (Å²) in [7, 11) is 0. The lowest BCUT2D eigenvalue weighted by Crippen LogP contribution is -2.32. The minimum absolute atomic E-state index is 0.892. The highest BCUT2D eigenvalue weighted by Gasteiger charge is 2.85. The summed E-state index contributed by atoms with van der Waals surface area (Å²) in [6.45, 7) is 1.03. The summed E-state index contributed by atoms with van der Waals surface area (Å²) in [6.07, 6.45) is 6.39. The van der Waals surface area contributed by atoms with Crippen LogP contribution in [-0.4, -0.2) is 6.61 Å². The highest BCUT2D eigenvalue weighted by atomic mass is 16.5. The monoisotopic (exact) mass is 358 g/mol. The summed E-state index contributed by atoms with van der Waals surface area (Å²) in [5, 5.41) is 0. The van der Waals surface area contributed by atoms with Gasteiger partial charge in [0.25, 0.3) is 0 Å². The average Bonchev–Trinajstić information content (AvgIpc) is 3.44. The van der Waals surface area contributed by atoms with E-state index in [2.05, 4.69) is 30.3 Å². The number of fused-ring (bicyclic) bond motifs is 4. The van der Waals surface area contributed by atoms with Crippen LogP contribution < -0.4 is 4.74 Å². The second-order valence-corrected chi connectivity index (χ2v) is 11.9. The van der Waals surface area contributed by atoms with E-state index < -0.39 is 0 Å². The fraction of sp³-hybridized carbons (Fsp3) is 0.769. The van der Waals surface area contributed by atoms with Gasteiger partial charge in [-0.2, -0.15) is 0 Å². The molecule has 140 valence electrons. The predicted octanol–water partition coefficient (Wildman–Crippen LogP) is 4.98. The van der Waals surface area contributed by atoms with Crippen LogP contribution in [0.4, 0.5) is 0 Å². The van der Waals surface area contributed by atoms with Gasteiger partial charge < -0.3 is 4.74 Å². The first-order chi connectivity index (χ1) is 13.4. The third kappa shape index (κ3) is 1.27. The number of rotatable bonds is 3. The first-order valence-corrected chi connectivity index (χ1v) is 12.1. The van der Waals surface area contributed by atoms with Gasteiger partial charge in [-0.15, -0.1) is 0 Å². The maximum Gasteiger partial charge on any atom is 0.119 e.